The molecule has 2 aromatic heterocycles. The van der Waals surface area contributed by atoms with Crippen LogP contribution in [0.25, 0.3) is 0 Å². The molecule has 18 heavy (non-hydrogen) atoms. The Hall–Kier alpha value is -1.69. The molecule has 0 radical (unpaired) electrons. The predicted molar refractivity (Wildman–Crippen MR) is 71.2 cm³/mol. The zero-order valence-electron chi connectivity index (χ0n) is 9.93. The molecule has 1 N–H and O–H groups in total. The third-order valence-corrected chi connectivity index (χ3v) is 3.02. The molecular formula is C12H13BrN4O. The van der Waals surface area contributed by atoms with Gasteiger partial charge in [0.1, 0.15) is 4.60 Å². The summed E-state index contributed by atoms with van der Waals surface area (Å²) >= 11 is 3.25. The summed E-state index contributed by atoms with van der Waals surface area (Å²) in [6.45, 7) is 3.16. The summed E-state index contributed by atoms with van der Waals surface area (Å²) in [5, 5.41) is 6.97. The summed E-state index contributed by atoms with van der Waals surface area (Å²) < 4.78 is 2.35. The molecule has 0 spiro atoms. The van der Waals surface area contributed by atoms with Crippen molar-refractivity contribution in [1.29, 1.82) is 0 Å². The van der Waals surface area contributed by atoms with Gasteiger partial charge in [0.05, 0.1) is 18.3 Å². The van der Waals surface area contributed by atoms with Gasteiger partial charge in [-0.2, -0.15) is 5.10 Å². The van der Waals surface area contributed by atoms with Crippen molar-refractivity contribution in [2.75, 3.05) is 6.54 Å². The normalized spacial score (nSPS) is 10.3. The van der Waals surface area contributed by atoms with Crippen LogP contribution in [0.4, 0.5) is 0 Å². The number of carbonyl (C=O) groups excluding carboxylic acids is 1. The van der Waals surface area contributed by atoms with Crippen molar-refractivity contribution < 1.29 is 4.79 Å². The number of pyridine rings is 1. The molecule has 0 bridgehead atoms. The van der Waals surface area contributed by atoms with E-state index >= 15 is 0 Å². The van der Waals surface area contributed by atoms with E-state index in [0.717, 1.165) is 5.56 Å². The van der Waals surface area contributed by atoms with Crippen LogP contribution in [0.1, 0.15) is 15.9 Å². The van der Waals surface area contributed by atoms with Gasteiger partial charge < -0.3 is 5.32 Å². The number of hydrogen-bond acceptors (Lipinski definition) is 3. The molecule has 94 valence electrons. The Labute approximate surface area is 113 Å². The van der Waals surface area contributed by atoms with Crippen molar-refractivity contribution in [2.45, 2.75) is 13.5 Å². The van der Waals surface area contributed by atoms with E-state index in [0.29, 0.717) is 23.3 Å². The van der Waals surface area contributed by atoms with Gasteiger partial charge in [-0.3, -0.25) is 9.48 Å². The highest BCUT2D eigenvalue weighted by atomic mass is 79.9. The Bertz CT molecular complexity index is 553. The summed E-state index contributed by atoms with van der Waals surface area (Å²) in [4.78, 5) is 15.9. The lowest BCUT2D eigenvalue weighted by molar-refractivity contribution is 0.0950. The van der Waals surface area contributed by atoms with Gasteiger partial charge in [0.15, 0.2) is 0 Å². The van der Waals surface area contributed by atoms with Gasteiger partial charge in [0, 0.05) is 18.9 Å². The maximum atomic E-state index is 11.9. The molecule has 1 amide bonds. The lowest BCUT2D eigenvalue weighted by Crippen LogP contribution is -2.27. The minimum Gasteiger partial charge on any atom is -0.350 e. The topological polar surface area (TPSA) is 59.8 Å². The molecule has 5 nitrogen and oxygen atoms in total. The van der Waals surface area contributed by atoms with Gasteiger partial charge in [0.2, 0.25) is 0 Å². The van der Waals surface area contributed by atoms with Crippen LogP contribution >= 0.6 is 15.9 Å². The Morgan fingerprint density at radius 1 is 1.56 bits per heavy atom. The lowest BCUT2D eigenvalue weighted by Gasteiger charge is -2.06. The zero-order valence-corrected chi connectivity index (χ0v) is 11.5. The number of halogens is 1. The van der Waals surface area contributed by atoms with E-state index in [1.54, 1.807) is 29.2 Å². The number of aryl methyl sites for hydroxylation is 1. The monoisotopic (exact) mass is 308 g/mol. The molecule has 0 saturated carbocycles. The second kappa shape index (κ2) is 5.77. The Morgan fingerprint density at radius 2 is 2.39 bits per heavy atom. The number of aromatic nitrogens is 3. The van der Waals surface area contributed by atoms with Crippen LogP contribution in [0.5, 0.6) is 0 Å². The molecule has 2 rings (SSSR count). The first-order valence-corrected chi connectivity index (χ1v) is 6.34. The Kier molecular flexibility index (Phi) is 4.09. The van der Waals surface area contributed by atoms with Crippen molar-refractivity contribution in [3.8, 4) is 0 Å². The predicted octanol–water partition coefficient (Wildman–Crippen LogP) is 1.78. The number of hydrogen-bond donors (Lipinski definition) is 1. The highest BCUT2D eigenvalue weighted by molar-refractivity contribution is 9.10. The number of amides is 1. The van der Waals surface area contributed by atoms with Gasteiger partial charge in [-0.25, -0.2) is 4.98 Å². The number of carbonyl (C=O) groups is 1. The van der Waals surface area contributed by atoms with E-state index in [1.165, 1.54) is 0 Å². The molecule has 0 aliphatic carbocycles. The van der Waals surface area contributed by atoms with E-state index in [-0.39, 0.29) is 5.91 Å². The van der Waals surface area contributed by atoms with Crippen molar-refractivity contribution in [1.82, 2.24) is 20.1 Å². The SMILES string of the molecule is Cc1cnn(CCNC(=O)c2cccnc2Br)c1. The molecule has 2 aromatic rings. The van der Waals surface area contributed by atoms with E-state index in [4.69, 9.17) is 0 Å². The number of nitrogens with one attached hydrogen (secondary N) is 1. The largest absolute Gasteiger partial charge is 0.350 e. The molecule has 6 heteroatoms. The number of rotatable bonds is 4. The van der Waals surface area contributed by atoms with E-state index in [1.807, 2.05) is 13.1 Å². The second-order valence-corrected chi connectivity index (χ2v) is 4.63. The minimum absolute atomic E-state index is 0.140. The van der Waals surface area contributed by atoms with Crippen molar-refractivity contribution in [2.24, 2.45) is 0 Å². The van der Waals surface area contributed by atoms with E-state index in [9.17, 15) is 4.79 Å². The quantitative estimate of drug-likeness (QED) is 0.876. The summed E-state index contributed by atoms with van der Waals surface area (Å²) in [5.74, 6) is -0.140. The summed E-state index contributed by atoms with van der Waals surface area (Å²) in [5.41, 5.74) is 1.64. The highest BCUT2D eigenvalue weighted by Crippen LogP contribution is 2.11. The highest BCUT2D eigenvalue weighted by Gasteiger charge is 2.09. The minimum atomic E-state index is -0.140. The molecule has 0 fully saturated rings. The fraction of sp³-hybridized carbons (Fsp3) is 0.250. The number of nitrogens with zero attached hydrogens (tertiary/aromatic N) is 3. The van der Waals surface area contributed by atoms with Crippen LogP contribution < -0.4 is 5.32 Å². The third kappa shape index (κ3) is 3.16. The average Bonchev–Trinajstić information content (AvgIpc) is 2.75. The summed E-state index contributed by atoms with van der Waals surface area (Å²) in [7, 11) is 0. The lowest BCUT2D eigenvalue weighted by atomic mass is 10.3. The van der Waals surface area contributed by atoms with Crippen molar-refractivity contribution in [3.63, 3.8) is 0 Å². The summed E-state index contributed by atoms with van der Waals surface area (Å²) in [6.07, 6.45) is 5.36. The van der Waals surface area contributed by atoms with Crippen LogP contribution in [0.2, 0.25) is 0 Å². The smallest absolute Gasteiger partial charge is 0.254 e. The third-order valence-electron chi connectivity index (χ3n) is 2.39. The van der Waals surface area contributed by atoms with Crippen LogP contribution in [0.15, 0.2) is 35.3 Å². The Morgan fingerprint density at radius 3 is 3.06 bits per heavy atom. The first-order chi connectivity index (χ1) is 8.66. The second-order valence-electron chi connectivity index (χ2n) is 3.88. The molecule has 0 unspecified atom stereocenters. The molecule has 0 aromatic carbocycles. The molecule has 0 aliphatic rings. The van der Waals surface area contributed by atoms with Gasteiger partial charge >= 0.3 is 0 Å². The maximum Gasteiger partial charge on any atom is 0.254 e. The first-order valence-electron chi connectivity index (χ1n) is 5.54. The fourth-order valence-electron chi connectivity index (χ4n) is 1.52. The van der Waals surface area contributed by atoms with Gasteiger partial charge in [-0.1, -0.05) is 0 Å². The van der Waals surface area contributed by atoms with Crippen molar-refractivity contribution >= 4 is 21.8 Å². The van der Waals surface area contributed by atoms with Crippen LogP contribution in [-0.2, 0) is 6.54 Å². The fourth-order valence-corrected chi connectivity index (χ4v) is 1.95. The van der Waals surface area contributed by atoms with E-state index < -0.39 is 0 Å². The van der Waals surface area contributed by atoms with Crippen LogP contribution in [0, 0.1) is 6.92 Å². The van der Waals surface area contributed by atoms with Crippen LogP contribution in [-0.4, -0.2) is 27.2 Å². The van der Waals surface area contributed by atoms with Crippen LogP contribution in [0.3, 0.4) is 0 Å². The van der Waals surface area contributed by atoms with Gasteiger partial charge in [-0.05, 0) is 40.5 Å². The molecule has 0 atom stereocenters. The first kappa shape index (κ1) is 12.8. The zero-order chi connectivity index (χ0) is 13.0. The van der Waals surface area contributed by atoms with Crippen molar-refractivity contribution in [3.05, 3.63) is 46.5 Å². The molecule has 0 saturated heterocycles. The summed E-state index contributed by atoms with van der Waals surface area (Å²) in [6, 6.07) is 3.46. The maximum absolute atomic E-state index is 11.9. The standard InChI is InChI=1S/C12H13BrN4O/c1-9-7-16-17(8-9)6-5-15-12(18)10-3-2-4-14-11(10)13/h2-4,7-8H,5-6H2,1H3,(H,15,18). The molecule has 0 aliphatic heterocycles. The van der Waals surface area contributed by atoms with Gasteiger partial charge in [0.25, 0.3) is 5.91 Å². The van der Waals surface area contributed by atoms with Gasteiger partial charge in [-0.15, -0.1) is 0 Å². The Balaban J connectivity index is 1.87. The average molecular weight is 309 g/mol. The van der Waals surface area contributed by atoms with E-state index in [2.05, 4.69) is 31.3 Å². The molecular weight excluding hydrogens is 296 g/mol. The molecule has 2 heterocycles.